The van der Waals surface area contributed by atoms with Gasteiger partial charge in [-0.15, -0.1) is 0 Å². The summed E-state index contributed by atoms with van der Waals surface area (Å²) < 4.78 is 10.8. The Morgan fingerprint density at radius 2 is 1.95 bits per heavy atom. The summed E-state index contributed by atoms with van der Waals surface area (Å²) in [5.74, 6) is 1.04. The van der Waals surface area contributed by atoms with E-state index >= 15 is 0 Å². The van der Waals surface area contributed by atoms with Gasteiger partial charge < -0.3 is 15.2 Å². The molecule has 0 saturated carbocycles. The molecule has 1 aliphatic rings. The van der Waals surface area contributed by atoms with Gasteiger partial charge in [-0.3, -0.25) is 10.1 Å². The molecule has 5 heteroatoms. The zero-order valence-electron chi connectivity index (χ0n) is 11.4. The van der Waals surface area contributed by atoms with Crippen molar-refractivity contribution in [3.63, 3.8) is 0 Å². The fourth-order valence-corrected chi connectivity index (χ4v) is 2.37. The van der Waals surface area contributed by atoms with E-state index in [1.165, 1.54) is 0 Å². The minimum atomic E-state index is -0.538. The third-order valence-corrected chi connectivity index (χ3v) is 3.39. The summed E-state index contributed by atoms with van der Waals surface area (Å²) in [5, 5.41) is 3.17. The predicted molar refractivity (Wildman–Crippen MR) is 77.8 cm³/mol. The largest absolute Gasteiger partial charge is 0.454 e. The molecule has 108 valence electrons. The zero-order valence-corrected chi connectivity index (χ0v) is 11.4. The minimum Gasteiger partial charge on any atom is -0.454 e. The van der Waals surface area contributed by atoms with E-state index in [9.17, 15) is 4.79 Å². The Kier molecular flexibility index (Phi) is 3.75. The van der Waals surface area contributed by atoms with E-state index in [4.69, 9.17) is 15.2 Å². The van der Waals surface area contributed by atoms with Crippen molar-refractivity contribution in [3.05, 3.63) is 59.7 Å². The van der Waals surface area contributed by atoms with Crippen molar-refractivity contribution in [3.8, 4) is 11.5 Å². The Hall–Kier alpha value is -2.53. The SMILES string of the molecule is NC(=O)[C@H](NCc1cccc2c1OCO2)c1ccccc1. The summed E-state index contributed by atoms with van der Waals surface area (Å²) in [6.07, 6.45) is 0. The normalized spacial score (nSPS) is 13.9. The van der Waals surface area contributed by atoms with E-state index in [1.54, 1.807) is 0 Å². The van der Waals surface area contributed by atoms with Crippen molar-refractivity contribution in [2.75, 3.05) is 6.79 Å². The third-order valence-electron chi connectivity index (χ3n) is 3.39. The molecule has 0 bridgehead atoms. The molecule has 0 saturated heterocycles. The van der Waals surface area contributed by atoms with Crippen LogP contribution in [0.2, 0.25) is 0 Å². The third kappa shape index (κ3) is 2.83. The first-order valence-electron chi connectivity index (χ1n) is 6.71. The van der Waals surface area contributed by atoms with Gasteiger partial charge in [-0.1, -0.05) is 42.5 Å². The molecule has 21 heavy (non-hydrogen) atoms. The summed E-state index contributed by atoms with van der Waals surface area (Å²) in [6, 6.07) is 14.6. The molecule has 1 heterocycles. The highest BCUT2D eigenvalue weighted by molar-refractivity contribution is 5.81. The molecule has 3 rings (SSSR count). The second-order valence-electron chi connectivity index (χ2n) is 4.78. The van der Waals surface area contributed by atoms with Gasteiger partial charge in [0.2, 0.25) is 12.7 Å². The molecule has 0 fully saturated rings. The van der Waals surface area contributed by atoms with Crippen molar-refractivity contribution >= 4 is 5.91 Å². The number of amides is 1. The van der Waals surface area contributed by atoms with Gasteiger partial charge in [0.1, 0.15) is 6.04 Å². The number of para-hydroxylation sites is 1. The molecule has 5 nitrogen and oxygen atoms in total. The number of nitrogens with one attached hydrogen (secondary N) is 1. The molecule has 3 N–H and O–H groups in total. The smallest absolute Gasteiger partial charge is 0.239 e. The maximum atomic E-state index is 11.7. The number of ether oxygens (including phenoxy) is 2. The molecule has 1 atom stereocenters. The lowest BCUT2D eigenvalue weighted by molar-refractivity contribution is -0.120. The molecule has 0 unspecified atom stereocenters. The van der Waals surface area contributed by atoms with Crippen molar-refractivity contribution in [2.45, 2.75) is 12.6 Å². The highest BCUT2D eigenvalue weighted by Crippen LogP contribution is 2.35. The second kappa shape index (κ2) is 5.85. The maximum Gasteiger partial charge on any atom is 0.239 e. The fraction of sp³-hybridized carbons (Fsp3) is 0.188. The summed E-state index contributed by atoms with van der Waals surface area (Å²) in [6.45, 7) is 0.694. The lowest BCUT2D eigenvalue weighted by atomic mass is 10.1. The van der Waals surface area contributed by atoms with Crippen LogP contribution in [-0.2, 0) is 11.3 Å². The van der Waals surface area contributed by atoms with Gasteiger partial charge in [-0.05, 0) is 11.6 Å². The predicted octanol–water partition coefficient (Wildman–Crippen LogP) is 1.73. The lowest BCUT2D eigenvalue weighted by Gasteiger charge is -2.16. The molecule has 1 aliphatic heterocycles. The zero-order chi connectivity index (χ0) is 14.7. The van der Waals surface area contributed by atoms with Crippen LogP contribution in [0, 0.1) is 0 Å². The first kappa shape index (κ1) is 13.5. The van der Waals surface area contributed by atoms with Gasteiger partial charge in [0, 0.05) is 12.1 Å². The topological polar surface area (TPSA) is 73.6 Å². The van der Waals surface area contributed by atoms with E-state index in [0.717, 1.165) is 22.6 Å². The van der Waals surface area contributed by atoms with Gasteiger partial charge in [0.15, 0.2) is 11.5 Å². The monoisotopic (exact) mass is 284 g/mol. The number of fused-ring (bicyclic) bond motifs is 1. The standard InChI is InChI=1S/C16H16N2O3/c17-16(19)14(11-5-2-1-3-6-11)18-9-12-7-4-8-13-15(12)21-10-20-13/h1-8,14,18H,9-10H2,(H2,17,19)/t14-/m1/s1. The Morgan fingerprint density at radius 3 is 2.71 bits per heavy atom. The van der Waals surface area contributed by atoms with Gasteiger partial charge in [-0.25, -0.2) is 0 Å². The Morgan fingerprint density at radius 1 is 1.14 bits per heavy atom. The molecule has 0 radical (unpaired) electrons. The van der Waals surface area contributed by atoms with E-state index in [0.29, 0.717) is 6.54 Å². The quantitative estimate of drug-likeness (QED) is 0.877. The maximum absolute atomic E-state index is 11.7. The summed E-state index contributed by atoms with van der Waals surface area (Å²) in [7, 11) is 0. The van der Waals surface area contributed by atoms with Crippen LogP contribution in [0.5, 0.6) is 11.5 Å². The van der Waals surface area contributed by atoms with Crippen LogP contribution in [0.4, 0.5) is 0 Å². The highest BCUT2D eigenvalue weighted by atomic mass is 16.7. The molecule has 0 aromatic heterocycles. The molecule has 2 aromatic carbocycles. The van der Waals surface area contributed by atoms with E-state index in [1.807, 2.05) is 48.5 Å². The number of benzene rings is 2. The number of hydrogen-bond acceptors (Lipinski definition) is 4. The van der Waals surface area contributed by atoms with Crippen LogP contribution in [0.3, 0.4) is 0 Å². The second-order valence-corrected chi connectivity index (χ2v) is 4.78. The van der Waals surface area contributed by atoms with Crippen molar-refractivity contribution < 1.29 is 14.3 Å². The van der Waals surface area contributed by atoms with Crippen LogP contribution in [0.15, 0.2) is 48.5 Å². The molecular weight excluding hydrogens is 268 g/mol. The van der Waals surface area contributed by atoms with Crippen LogP contribution < -0.4 is 20.5 Å². The van der Waals surface area contributed by atoms with E-state index in [2.05, 4.69) is 5.32 Å². The van der Waals surface area contributed by atoms with Gasteiger partial charge in [-0.2, -0.15) is 0 Å². The number of hydrogen-bond donors (Lipinski definition) is 2. The van der Waals surface area contributed by atoms with Crippen LogP contribution in [-0.4, -0.2) is 12.7 Å². The minimum absolute atomic E-state index is 0.226. The van der Waals surface area contributed by atoms with Crippen molar-refractivity contribution in [1.29, 1.82) is 0 Å². The summed E-state index contributed by atoms with van der Waals surface area (Å²) in [4.78, 5) is 11.7. The number of primary amides is 1. The summed E-state index contributed by atoms with van der Waals surface area (Å²) in [5.41, 5.74) is 7.27. The van der Waals surface area contributed by atoms with E-state index < -0.39 is 11.9 Å². The van der Waals surface area contributed by atoms with Crippen molar-refractivity contribution in [1.82, 2.24) is 5.32 Å². The first-order chi connectivity index (χ1) is 10.3. The van der Waals surface area contributed by atoms with Crippen LogP contribution in [0.25, 0.3) is 0 Å². The van der Waals surface area contributed by atoms with Gasteiger partial charge >= 0.3 is 0 Å². The fourth-order valence-electron chi connectivity index (χ4n) is 2.37. The van der Waals surface area contributed by atoms with Gasteiger partial charge in [0.25, 0.3) is 0 Å². The molecule has 1 amide bonds. The molecule has 2 aromatic rings. The Bertz CT molecular complexity index is 643. The number of carbonyl (C=O) groups excluding carboxylic acids is 1. The van der Waals surface area contributed by atoms with Crippen LogP contribution >= 0.6 is 0 Å². The average Bonchev–Trinajstić information content (AvgIpc) is 2.97. The number of nitrogens with two attached hydrogens (primary N) is 1. The Labute approximate surface area is 122 Å². The lowest BCUT2D eigenvalue weighted by Crippen LogP contribution is -2.33. The molecule has 0 aliphatic carbocycles. The summed E-state index contributed by atoms with van der Waals surface area (Å²) >= 11 is 0. The first-order valence-corrected chi connectivity index (χ1v) is 6.71. The Balaban J connectivity index is 1.77. The van der Waals surface area contributed by atoms with Gasteiger partial charge in [0.05, 0.1) is 0 Å². The average molecular weight is 284 g/mol. The highest BCUT2D eigenvalue weighted by Gasteiger charge is 2.20. The molecular formula is C16H16N2O3. The van der Waals surface area contributed by atoms with Crippen molar-refractivity contribution in [2.24, 2.45) is 5.73 Å². The number of rotatable bonds is 5. The van der Waals surface area contributed by atoms with E-state index in [-0.39, 0.29) is 6.79 Å². The molecule has 0 spiro atoms. The van der Waals surface area contributed by atoms with Crippen LogP contribution in [0.1, 0.15) is 17.2 Å². The number of carbonyl (C=O) groups is 1.